The van der Waals surface area contributed by atoms with Crippen LogP contribution in [0.3, 0.4) is 0 Å². The number of hydrogen-bond acceptors (Lipinski definition) is 6. The minimum Gasteiger partial charge on any atom is -0.298 e. The van der Waals surface area contributed by atoms with E-state index in [1.165, 1.54) is 17.5 Å². The Balaban J connectivity index is 1.56. The molecule has 0 saturated carbocycles. The zero-order valence-corrected chi connectivity index (χ0v) is 18.2. The number of carbonyl (C=O) groups excluding carboxylic acids is 1. The van der Waals surface area contributed by atoms with Crippen molar-refractivity contribution in [1.29, 1.82) is 0 Å². The highest BCUT2D eigenvalue weighted by atomic mass is 35.5. The van der Waals surface area contributed by atoms with Crippen LogP contribution in [0.2, 0.25) is 5.02 Å². The number of hydrogen-bond donors (Lipinski definition) is 2. The minimum absolute atomic E-state index is 0.312. The fourth-order valence-electron chi connectivity index (χ4n) is 2.82. The summed E-state index contributed by atoms with van der Waals surface area (Å²) >= 11 is 12.6. The highest BCUT2D eigenvalue weighted by Gasteiger charge is 2.18. The molecule has 1 aromatic carbocycles. The number of H-pyrrole nitrogens is 1. The molecule has 0 unspecified atom stereocenters. The van der Waals surface area contributed by atoms with Crippen molar-refractivity contribution < 1.29 is 4.79 Å². The summed E-state index contributed by atoms with van der Waals surface area (Å²) in [5.74, 6) is 0.345. The standard InChI is InChI=1S/C19H16ClN7OS2/c1-3-7-26-16(24-25-19(26)29)15-11(2)22-18(30-15)23-17(28)12-9-21-27(10-12)14-6-4-5-13(20)8-14/h3-6,8-10H,1,7H2,2H3,(H,25,29)(H,22,23,28). The summed E-state index contributed by atoms with van der Waals surface area (Å²) in [5.41, 5.74) is 1.90. The Morgan fingerprint density at radius 3 is 3.07 bits per heavy atom. The highest BCUT2D eigenvalue weighted by molar-refractivity contribution is 7.71. The molecule has 152 valence electrons. The molecule has 1 amide bonds. The topological polar surface area (TPSA) is 93.4 Å². The summed E-state index contributed by atoms with van der Waals surface area (Å²) in [4.78, 5) is 17.9. The Labute approximate surface area is 185 Å². The fourth-order valence-corrected chi connectivity index (χ4v) is 4.17. The maximum atomic E-state index is 12.7. The van der Waals surface area contributed by atoms with Crippen LogP contribution in [0.1, 0.15) is 16.1 Å². The molecule has 8 nitrogen and oxygen atoms in total. The number of benzene rings is 1. The third-order valence-electron chi connectivity index (χ3n) is 4.21. The van der Waals surface area contributed by atoms with Crippen LogP contribution in [-0.4, -0.2) is 35.4 Å². The SMILES string of the molecule is C=CCn1c(-c2sc(NC(=O)c3cnn(-c4cccc(Cl)c4)c3)nc2C)n[nH]c1=S. The minimum atomic E-state index is -0.312. The first-order valence-electron chi connectivity index (χ1n) is 8.82. The van der Waals surface area contributed by atoms with Crippen LogP contribution in [0.15, 0.2) is 49.3 Å². The molecule has 0 saturated heterocycles. The average molecular weight is 458 g/mol. The van der Waals surface area contributed by atoms with Crippen molar-refractivity contribution in [3.8, 4) is 16.4 Å². The number of anilines is 1. The second-order valence-electron chi connectivity index (χ2n) is 6.29. The molecule has 0 atom stereocenters. The molecule has 0 radical (unpaired) electrons. The van der Waals surface area contributed by atoms with E-state index >= 15 is 0 Å². The van der Waals surface area contributed by atoms with Crippen molar-refractivity contribution in [3.05, 3.63) is 70.4 Å². The normalized spacial score (nSPS) is 10.9. The van der Waals surface area contributed by atoms with Gasteiger partial charge in [0.15, 0.2) is 15.7 Å². The zero-order valence-electron chi connectivity index (χ0n) is 15.8. The van der Waals surface area contributed by atoms with Crippen LogP contribution in [-0.2, 0) is 6.54 Å². The lowest BCUT2D eigenvalue weighted by Crippen LogP contribution is -2.10. The van der Waals surface area contributed by atoms with Crippen LogP contribution < -0.4 is 5.32 Å². The first-order chi connectivity index (χ1) is 14.5. The maximum Gasteiger partial charge on any atom is 0.260 e. The van der Waals surface area contributed by atoms with Crippen LogP contribution in [0.4, 0.5) is 5.13 Å². The number of nitrogens with one attached hydrogen (secondary N) is 2. The summed E-state index contributed by atoms with van der Waals surface area (Å²) in [6, 6.07) is 7.22. The molecule has 4 rings (SSSR count). The van der Waals surface area contributed by atoms with Gasteiger partial charge in [0.2, 0.25) is 0 Å². The lowest BCUT2D eigenvalue weighted by Gasteiger charge is -2.01. The van der Waals surface area contributed by atoms with E-state index in [2.05, 4.69) is 32.2 Å². The molecule has 0 aliphatic rings. The van der Waals surface area contributed by atoms with Gasteiger partial charge in [0.05, 0.1) is 28.0 Å². The zero-order chi connectivity index (χ0) is 21.3. The van der Waals surface area contributed by atoms with Gasteiger partial charge in [-0.2, -0.15) is 10.2 Å². The fraction of sp³-hybridized carbons (Fsp3) is 0.105. The number of thiazole rings is 1. The van der Waals surface area contributed by atoms with Crippen molar-refractivity contribution in [3.63, 3.8) is 0 Å². The van der Waals surface area contributed by atoms with E-state index in [0.717, 1.165) is 16.3 Å². The highest BCUT2D eigenvalue weighted by Crippen LogP contribution is 2.32. The molecular formula is C19H16ClN7OS2. The Morgan fingerprint density at radius 2 is 2.30 bits per heavy atom. The predicted molar refractivity (Wildman–Crippen MR) is 120 cm³/mol. The van der Waals surface area contributed by atoms with Gasteiger partial charge in [-0.3, -0.25) is 19.8 Å². The summed E-state index contributed by atoms with van der Waals surface area (Å²) in [6.45, 7) is 6.12. The van der Waals surface area contributed by atoms with Crippen molar-refractivity contribution >= 4 is 46.2 Å². The van der Waals surface area contributed by atoms with Crippen molar-refractivity contribution in [2.45, 2.75) is 13.5 Å². The summed E-state index contributed by atoms with van der Waals surface area (Å²) in [5, 5.41) is 15.2. The van der Waals surface area contributed by atoms with E-state index in [-0.39, 0.29) is 5.91 Å². The average Bonchev–Trinajstić information content (AvgIpc) is 3.42. The Morgan fingerprint density at radius 1 is 1.47 bits per heavy atom. The Bertz CT molecular complexity index is 1300. The van der Waals surface area contributed by atoms with E-state index in [1.807, 2.05) is 23.6 Å². The van der Waals surface area contributed by atoms with E-state index in [4.69, 9.17) is 23.8 Å². The Hall–Kier alpha value is -3.08. The second-order valence-corrected chi connectivity index (χ2v) is 8.11. The molecule has 0 aliphatic carbocycles. The third kappa shape index (κ3) is 3.97. The number of aromatic amines is 1. The van der Waals surface area contributed by atoms with Crippen LogP contribution in [0, 0.1) is 11.7 Å². The van der Waals surface area contributed by atoms with E-state index in [1.54, 1.807) is 29.1 Å². The van der Waals surface area contributed by atoms with Crippen molar-refractivity contribution in [1.82, 2.24) is 29.5 Å². The molecule has 3 aromatic heterocycles. The number of allylic oxidation sites excluding steroid dienone is 1. The monoisotopic (exact) mass is 457 g/mol. The van der Waals surface area contributed by atoms with Gasteiger partial charge in [0, 0.05) is 17.8 Å². The number of carbonyl (C=O) groups is 1. The molecule has 3 heterocycles. The summed E-state index contributed by atoms with van der Waals surface area (Å²) in [6.07, 6.45) is 4.87. The summed E-state index contributed by atoms with van der Waals surface area (Å²) in [7, 11) is 0. The first-order valence-corrected chi connectivity index (χ1v) is 10.4. The number of amides is 1. The van der Waals surface area contributed by atoms with E-state index in [0.29, 0.717) is 32.9 Å². The Kier molecular flexibility index (Phi) is 5.62. The molecule has 0 spiro atoms. The number of aryl methyl sites for hydroxylation is 1. The third-order valence-corrected chi connectivity index (χ3v) is 5.82. The number of rotatable bonds is 6. The molecule has 11 heteroatoms. The first kappa shape index (κ1) is 20.2. The largest absolute Gasteiger partial charge is 0.298 e. The van der Waals surface area contributed by atoms with Crippen LogP contribution in [0.5, 0.6) is 0 Å². The van der Waals surface area contributed by atoms with Crippen LogP contribution in [0.25, 0.3) is 16.4 Å². The molecule has 0 aliphatic heterocycles. The van der Waals surface area contributed by atoms with E-state index in [9.17, 15) is 4.79 Å². The second kappa shape index (κ2) is 8.34. The van der Waals surface area contributed by atoms with Gasteiger partial charge in [-0.05, 0) is 37.3 Å². The van der Waals surface area contributed by atoms with Gasteiger partial charge in [-0.25, -0.2) is 9.67 Å². The molecule has 0 bridgehead atoms. The maximum absolute atomic E-state index is 12.7. The number of aromatic nitrogens is 6. The van der Waals surface area contributed by atoms with Crippen LogP contribution >= 0.6 is 35.2 Å². The molecule has 30 heavy (non-hydrogen) atoms. The lowest BCUT2D eigenvalue weighted by atomic mass is 10.3. The van der Waals surface area contributed by atoms with Crippen molar-refractivity contribution in [2.75, 3.05) is 5.32 Å². The van der Waals surface area contributed by atoms with Gasteiger partial charge in [-0.1, -0.05) is 35.1 Å². The van der Waals surface area contributed by atoms with E-state index < -0.39 is 0 Å². The van der Waals surface area contributed by atoms with Gasteiger partial charge in [0.25, 0.3) is 5.91 Å². The van der Waals surface area contributed by atoms with Gasteiger partial charge in [0.1, 0.15) is 0 Å². The summed E-state index contributed by atoms with van der Waals surface area (Å²) < 4.78 is 3.91. The number of halogens is 1. The molecular weight excluding hydrogens is 442 g/mol. The molecule has 4 aromatic rings. The van der Waals surface area contributed by atoms with Gasteiger partial charge in [-0.15, -0.1) is 6.58 Å². The lowest BCUT2D eigenvalue weighted by molar-refractivity contribution is 0.102. The predicted octanol–water partition coefficient (Wildman–Crippen LogP) is 4.65. The quantitative estimate of drug-likeness (QED) is 0.324. The van der Waals surface area contributed by atoms with Gasteiger partial charge < -0.3 is 0 Å². The smallest absolute Gasteiger partial charge is 0.260 e. The number of nitrogens with zero attached hydrogens (tertiary/aromatic N) is 5. The van der Waals surface area contributed by atoms with Gasteiger partial charge >= 0.3 is 0 Å². The van der Waals surface area contributed by atoms with Crippen molar-refractivity contribution in [2.24, 2.45) is 0 Å². The molecule has 0 fully saturated rings. The molecule has 2 N–H and O–H groups in total.